The average Bonchev–Trinajstić information content (AvgIpc) is 3.22. The number of rotatable bonds is 6. The van der Waals surface area contributed by atoms with E-state index in [1.54, 1.807) is 16.8 Å². The molecule has 4 aromatic rings. The van der Waals surface area contributed by atoms with Crippen LogP contribution in [-0.4, -0.2) is 15.5 Å². The first kappa shape index (κ1) is 21.8. The van der Waals surface area contributed by atoms with E-state index in [4.69, 9.17) is 11.6 Å². The summed E-state index contributed by atoms with van der Waals surface area (Å²) in [6.45, 7) is 7.52. The van der Waals surface area contributed by atoms with E-state index < -0.39 is 0 Å². The number of thiazole rings is 1. The number of halogens is 1. The van der Waals surface area contributed by atoms with Crippen molar-refractivity contribution in [3.8, 4) is 5.69 Å². The van der Waals surface area contributed by atoms with Crippen molar-refractivity contribution in [3.05, 3.63) is 93.3 Å². The van der Waals surface area contributed by atoms with Gasteiger partial charge in [0.05, 0.1) is 21.3 Å². The molecule has 162 valence electrons. The van der Waals surface area contributed by atoms with Crippen molar-refractivity contribution in [1.29, 1.82) is 0 Å². The topological polar surface area (TPSA) is 76.0 Å². The zero-order chi connectivity index (χ0) is 22.8. The largest absolute Gasteiger partial charge is 0.376 e. The number of amides is 1. The second-order valence-corrected chi connectivity index (χ2v) is 8.74. The Balaban J connectivity index is 1.76. The molecule has 0 saturated heterocycles. The van der Waals surface area contributed by atoms with E-state index in [1.165, 1.54) is 18.3 Å². The third-order valence-corrected chi connectivity index (χ3v) is 6.25. The predicted molar refractivity (Wildman–Crippen MR) is 132 cm³/mol. The summed E-state index contributed by atoms with van der Waals surface area (Å²) < 4.78 is 1.68. The van der Waals surface area contributed by atoms with E-state index in [-0.39, 0.29) is 17.5 Å². The molecule has 0 spiro atoms. The summed E-state index contributed by atoms with van der Waals surface area (Å²) in [6, 6.07) is 16.6. The molecule has 0 unspecified atom stereocenters. The highest BCUT2D eigenvalue weighted by atomic mass is 35.5. The quantitative estimate of drug-likeness (QED) is 0.401. The van der Waals surface area contributed by atoms with Crippen LogP contribution in [0.2, 0.25) is 5.02 Å². The van der Waals surface area contributed by atoms with Gasteiger partial charge in [0.2, 0.25) is 5.91 Å². The van der Waals surface area contributed by atoms with Crippen LogP contribution in [0.1, 0.15) is 30.5 Å². The highest BCUT2D eigenvalue weighted by Gasteiger charge is 2.19. The standard InChI is InChI=1S/C24H21ClN4O2S/c1-14(27-15(2)21-13-26-24(32-21)28-16(3)30)20-12-17-8-7-11-19(25)22(17)23(31)29(20)18-9-5-4-6-10-18/h4-14,27H,2H2,1,3H3,(H,26,28,30)/t14-/m0/s1. The Hall–Kier alpha value is -3.42. The van der Waals surface area contributed by atoms with Crippen molar-refractivity contribution in [2.75, 3.05) is 5.32 Å². The van der Waals surface area contributed by atoms with Gasteiger partial charge in [0.1, 0.15) is 0 Å². The molecule has 2 aromatic heterocycles. The maximum atomic E-state index is 13.5. The van der Waals surface area contributed by atoms with Crippen molar-refractivity contribution in [3.63, 3.8) is 0 Å². The molecule has 1 amide bonds. The molecule has 4 rings (SSSR count). The van der Waals surface area contributed by atoms with Crippen LogP contribution in [-0.2, 0) is 4.79 Å². The molecule has 2 N–H and O–H groups in total. The van der Waals surface area contributed by atoms with Gasteiger partial charge >= 0.3 is 0 Å². The van der Waals surface area contributed by atoms with Gasteiger partial charge in [-0.1, -0.05) is 59.8 Å². The molecule has 0 aliphatic carbocycles. The fraction of sp³-hybridized carbons (Fsp3) is 0.125. The monoisotopic (exact) mass is 464 g/mol. The average molecular weight is 465 g/mol. The Morgan fingerprint density at radius 1 is 1.19 bits per heavy atom. The van der Waals surface area contributed by atoms with Crippen molar-refractivity contribution < 1.29 is 4.79 Å². The van der Waals surface area contributed by atoms with Gasteiger partial charge in [-0.3, -0.25) is 14.2 Å². The minimum Gasteiger partial charge on any atom is -0.376 e. The van der Waals surface area contributed by atoms with E-state index in [0.717, 1.165) is 21.6 Å². The number of fused-ring (bicyclic) bond motifs is 1. The van der Waals surface area contributed by atoms with Crippen molar-refractivity contribution >= 4 is 50.4 Å². The van der Waals surface area contributed by atoms with Gasteiger partial charge in [0.15, 0.2) is 5.13 Å². The maximum absolute atomic E-state index is 13.5. The van der Waals surface area contributed by atoms with E-state index in [2.05, 4.69) is 22.2 Å². The Kier molecular flexibility index (Phi) is 6.12. The summed E-state index contributed by atoms with van der Waals surface area (Å²) >= 11 is 7.70. The van der Waals surface area contributed by atoms with Gasteiger partial charge in [0.25, 0.3) is 5.56 Å². The number of hydrogen-bond acceptors (Lipinski definition) is 5. The number of carbonyl (C=O) groups excluding carboxylic acids is 1. The van der Waals surface area contributed by atoms with Crippen LogP contribution in [0, 0.1) is 0 Å². The summed E-state index contributed by atoms with van der Waals surface area (Å²) in [6.07, 6.45) is 1.66. The molecule has 0 saturated carbocycles. The van der Waals surface area contributed by atoms with Crippen LogP contribution in [0.5, 0.6) is 0 Å². The molecule has 6 nitrogen and oxygen atoms in total. The van der Waals surface area contributed by atoms with Gasteiger partial charge in [-0.2, -0.15) is 0 Å². The smallest absolute Gasteiger partial charge is 0.264 e. The Morgan fingerprint density at radius 3 is 2.66 bits per heavy atom. The van der Waals surface area contributed by atoms with Gasteiger partial charge in [-0.05, 0) is 36.6 Å². The van der Waals surface area contributed by atoms with Crippen molar-refractivity contribution in [2.24, 2.45) is 0 Å². The number of nitrogens with one attached hydrogen (secondary N) is 2. The van der Waals surface area contributed by atoms with Crippen LogP contribution < -0.4 is 16.2 Å². The molecule has 0 aliphatic rings. The second-order valence-electron chi connectivity index (χ2n) is 7.30. The lowest BCUT2D eigenvalue weighted by molar-refractivity contribution is -0.114. The number of benzene rings is 2. The highest BCUT2D eigenvalue weighted by Crippen LogP contribution is 2.28. The first-order valence-electron chi connectivity index (χ1n) is 9.94. The Morgan fingerprint density at radius 2 is 1.94 bits per heavy atom. The van der Waals surface area contributed by atoms with Crippen LogP contribution in [0.25, 0.3) is 22.2 Å². The number of carbonyl (C=O) groups is 1. The lowest BCUT2D eigenvalue weighted by atomic mass is 10.1. The fourth-order valence-electron chi connectivity index (χ4n) is 3.53. The zero-order valence-corrected chi connectivity index (χ0v) is 19.1. The number of aromatic nitrogens is 2. The Bertz CT molecular complexity index is 1380. The molecular formula is C24H21ClN4O2S. The van der Waals surface area contributed by atoms with Crippen molar-refractivity contribution in [2.45, 2.75) is 19.9 Å². The number of para-hydroxylation sites is 1. The molecular weight excluding hydrogens is 444 g/mol. The molecule has 1 atom stereocenters. The molecule has 0 fully saturated rings. The summed E-state index contributed by atoms with van der Waals surface area (Å²) in [5.41, 5.74) is 1.98. The molecule has 8 heteroatoms. The summed E-state index contributed by atoms with van der Waals surface area (Å²) in [7, 11) is 0. The van der Waals surface area contributed by atoms with Crippen LogP contribution >= 0.6 is 22.9 Å². The number of anilines is 1. The molecule has 0 radical (unpaired) electrons. The maximum Gasteiger partial charge on any atom is 0.264 e. The first-order valence-corrected chi connectivity index (χ1v) is 11.1. The SMILES string of the molecule is C=C(N[C@@H](C)c1cc2cccc(Cl)c2c(=O)n1-c1ccccc1)c1cnc(NC(C)=O)s1. The molecule has 32 heavy (non-hydrogen) atoms. The summed E-state index contributed by atoms with van der Waals surface area (Å²) in [4.78, 5) is 29.8. The minimum absolute atomic E-state index is 0.181. The highest BCUT2D eigenvalue weighted by molar-refractivity contribution is 7.16. The van der Waals surface area contributed by atoms with Crippen LogP contribution in [0.15, 0.2) is 72.2 Å². The van der Waals surface area contributed by atoms with Crippen molar-refractivity contribution in [1.82, 2.24) is 14.9 Å². The number of pyridine rings is 1. The molecule has 2 aromatic carbocycles. The molecule has 0 aliphatic heterocycles. The third-order valence-electron chi connectivity index (χ3n) is 4.96. The van der Waals surface area contributed by atoms with Gasteiger partial charge in [-0.15, -0.1) is 0 Å². The van der Waals surface area contributed by atoms with E-state index >= 15 is 0 Å². The van der Waals surface area contributed by atoms with E-state index in [9.17, 15) is 9.59 Å². The van der Waals surface area contributed by atoms with Crippen LogP contribution in [0.3, 0.4) is 0 Å². The lowest BCUT2D eigenvalue weighted by Crippen LogP contribution is -2.28. The predicted octanol–water partition coefficient (Wildman–Crippen LogP) is 5.38. The molecule has 0 bridgehead atoms. The summed E-state index contributed by atoms with van der Waals surface area (Å²) in [5.74, 6) is -0.181. The third kappa shape index (κ3) is 4.30. The van der Waals surface area contributed by atoms with Crippen LogP contribution in [0.4, 0.5) is 5.13 Å². The Labute approximate surface area is 194 Å². The van der Waals surface area contributed by atoms with E-state index in [0.29, 0.717) is 21.2 Å². The molecule has 2 heterocycles. The zero-order valence-electron chi connectivity index (χ0n) is 17.6. The first-order chi connectivity index (χ1) is 15.3. The fourth-order valence-corrected chi connectivity index (χ4v) is 4.59. The number of hydrogen-bond donors (Lipinski definition) is 2. The van der Waals surface area contributed by atoms with Gasteiger partial charge in [0, 0.05) is 30.2 Å². The summed E-state index contributed by atoms with van der Waals surface area (Å²) in [5, 5.41) is 8.22. The second kappa shape index (κ2) is 8.98. The minimum atomic E-state index is -0.259. The van der Waals surface area contributed by atoms with E-state index in [1.807, 2.05) is 55.5 Å². The van der Waals surface area contributed by atoms with Gasteiger partial charge < -0.3 is 10.6 Å². The number of nitrogens with zero attached hydrogens (tertiary/aromatic N) is 2. The van der Waals surface area contributed by atoms with Gasteiger partial charge in [-0.25, -0.2) is 4.98 Å². The lowest BCUT2D eigenvalue weighted by Gasteiger charge is -2.22. The normalized spacial score (nSPS) is 11.8.